The van der Waals surface area contributed by atoms with E-state index in [0.29, 0.717) is 11.5 Å². The third kappa shape index (κ3) is 4.08. The molecule has 0 bridgehead atoms. The Hall–Kier alpha value is -3.35. The van der Waals surface area contributed by atoms with Crippen molar-refractivity contribution in [3.05, 3.63) is 69.3 Å². The van der Waals surface area contributed by atoms with Gasteiger partial charge in [-0.25, -0.2) is 0 Å². The number of hydrogen-bond acceptors (Lipinski definition) is 6. The van der Waals surface area contributed by atoms with E-state index >= 15 is 0 Å². The van der Waals surface area contributed by atoms with E-state index < -0.39 is 4.92 Å². The molecule has 0 saturated heterocycles. The Morgan fingerprint density at radius 3 is 2.44 bits per heavy atom. The number of hydrogen-bond donors (Lipinski definition) is 1. The molecule has 1 atom stereocenters. The standard InChI is InChI=1S/C20H21N3O4/c1-13-10-15-11-19(26-2)20(27-3)12-17(15)18(22-21-13)9-6-14-4-7-16(8-5-14)23(24)25/h4-9,11-13,21H,10H2,1-3H3. The number of nitrogens with zero attached hydrogens (tertiary/aromatic N) is 2. The lowest BCUT2D eigenvalue weighted by Crippen LogP contribution is -2.21. The first kappa shape index (κ1) is 18.4. The third-order valence-electron chi connectivity index (χ3n) is 4.35. The Kier molecular flexibility index (Phi) is 5.40. The van der Waals surface area contributed by atoms with E-state index in [1.807, 2.05) is 24.3 Å². The summed E-state index contributed by atoms with van der Waals surface area (Å²) in [5, 5.41) is 15.3. The summed E-state index contributed by atoms with van der Waals surface area (Å²) in [7, 11) is 3.22. The molecule has 140 valence electrons. The minimum atomic E-state index is -0.413. The van der Waals surface area contributed by atoms with Crippen LogP contribution in [0.4, 0.5) is 5.69 Å². The van der Waals surface area contributed by atoms with Crippen molar-refractivity contribution < 1.29 is 14.4 Å². The second-order valence-corrected chi connectivity index (χ2v) is 6.28. The van der Waals surface area contributed by atoms with Gasteiger partial charge in [0.15, 0.2) is 11.5 Å². The predicted molar refractivity (Wildman–Crippen MR) is 105 cm³/mol. The van der Waals surface area contributed by atoms with Crippen molar-refractivity contribution in [1.82, 2.24) is 5.43 Å². The van der Waals surface area contributed by atoms with Gasteiger partial charge in [-0.05, 0) is 54.8 Å². The summed E-state index contributed by atoms with van der Waals surface area (Å²) in [6, 6.07) is 10.5. The number of allylic oxidation sites excluding steroid dienone is 1. The number of hydrazone groups is 1. The van der Waals surface area contributed by atoms with Gasteiger partial charge in [-0.1, -0.05) is 6.08 Å². The summed E-state index contributed by atoms with van der Waals surface area (Å²) in [6.07, 6.45) is 4.56. The summed E-state index contributed by atoms with van der Waals surface area (Å²) in [5.41, 5.74) is 6.89. The molecular weight excluding hydrogens is 346 g/mol. The zero-order valence-electron chi connectivity index (χ0n) is 15.4. The fraction of sp³-hybridized carbons (Fsp3) is 0.250. The molecule has 2 aromatic carbocycles. The minimum Gasteiger partial charge on any atom is -0.493 e. The van der Waals surface area contributed by atoms with Gasteiger partial charge in [-0.2, -0.15) is 5.10 Å². The monoisotopic (exact) mass is 367 g/mol. The third-order valence-corrected chi connectivity index (χ3v) is 4.35. The van der Waals surface area contributed by atoms with E-state index in [1.165, 1.54) is 12.1 Å². The average Bonchev–Trinajstić information content (AvgIpc) is 2.83. The molecule has 1 aliphatic rings. The van der Waals surface area contributed by atoms with Crippen LogP contribution in [0.15, 0.2) is 47.6 Å². The molecule has 0 amide bonds. The van der Waals surface area contributed by atoms with Crippen LogP contribution in [0.5, 0.6) is 11.5 Å². The Morgan fingerprint density at radius 1 is 1.15 bits per heavy atom. The Balaban J connectivity index is 1.96. The molecule has 7 nitrogen and oxygen atoms in total. The van der Waals surface area contributed by atoms with Crippen molar-refractivity contribution >= 4 is 17.5 Å². The molecule has 0 radical (unpaired) electrons. The molecule has 0 fully saturated rings. The maximum absolute atomic E-state index is 10.8. The Bertz CT molecular complexity index is 904. The number of ether oxygens (including phenoxy) is 2. The molecule has 1 heterocycles. The van der Waals surface area contributed by atoms with Crippen LogP contribution in [-0.2, 0) is 6.42 Å². The highest BCUT2D eigenvalue weighted by atomic mass is 16.6. The molecule has 0 saturated carbocycles. The number of benzene rings is 2. The zero-order chi connectivity index (χ0) is 19.4. The maximum Gasteiger partial charge on any atom is 0.269 e. The van der Waals surface area contributed by atoms with Gasteiger partial charge in [-0.3, -0.25) is 10.1 Å². The number of nitro benzene ring substituents is 1. The van der Waals surface area contributed by atoms with Crippen molar-refractivity contribution in [2.75, 3.05) is 14.2 Å². The van der Waals surface area contributed by atoms with Gasteiger partial charge >= 0.3 is 0 Å². The molecule has 0 aliphatic carbocycles. The number of methoxy groups -OCH3 is 2. The van der Waals surface area contributed by atoms with E-state index in [2.05, 4.69) is 17.5 Å². The molecule has 0 spiro atoms. The van der Waals surface area contributed by atoms with Gasteiger partial charge in [0, 0.05) is 23.7 Å². The normalized spacial score (nSPS) is 16.1. The topological polar surface area (TPSA) is 86.0 Å². The van der Waals surface area contributed by atoms with E-state index in [4.69, 9.17) is 9.47 Å². The number of rotatable bonds is 5. The van der Waals surface area contributed by atoms with Gasteiger partial charge in [0.1, 0.15) is 0 Å². The van der Waals surface area contributed by atoms with Crippen molar-refractivity contribution in [2.24, 2.45) is 5.10 Å². The molecule has 1 aliphatic heterocycles. The van der Waals surface area contributed by atoms with Crippen LogP contribution in [0.2, 0.25) is 0 Å². The van der Waals surface area contributed by atoms with Crippen LogP contribution in [0.1, 0.15) is 23.6 Å². The van der Waals surface area contributed by atoms with E-state index in [1.54, 1.807) is 26.4 Å². The molecular formula is C20H21N3O4. The Morgan fingerprint density at radius 2 is 1.81 bits per heavy atom. The first-order chi connectivity index (χ1) is 13.0. The molecule has 27 heavy (non-hydrogen) atoms. The number of non-ortho nitro benzene ring substituents is 1. The SMILES string of the molecule is COc1cc2c(cc1OC)C(C=Cc1ccc([N+](=O)[O-])cc1)=NNC(C)C2. The minimum absolute atomic E-state index is 0.0663. The summed E-state index contributed by atoms with van der Waals surface area (Å²) < 4.78 is 10.8. The number of fused-ring (bicyclic) bond motifs is 1. The quantitative estimate of drug-likeness (QED) is 0.645. The Labute approximate surface area is 157 Å². The van der Waals surface area contributed by atoms with Crippen LogP contribution in [0, 0.1) is 10.1 Å². The summed E-state index contributed by atoms with van der Waals surface area (Å²) in [5.74, 6) is 1.33. The zero-order valence-corrected chi connectivity index (χ0v) is 15.4. The van der Waals surface area contributed by atoms with E-state index in [0.717, 1.165) is 28.8 Å². The van der Waals surface area contributed by atoms with Crippen LogP contribution in [0.3, 0.4) is 0 Å². The lowest BCUT2D eigenvalue weighted by molar-refractivity contribution is -0.384. The number of nitro groups is 1. The largest absolute Gasteiger partial charge is 0.493 e. The fourth-order valence-corrected chi connectivity index (χ4v) is 2.95. The fourth-order valence-electron chi connectivity index (χ4n) is 2.95. The van der Waals surface area contributed by atoms with Gasteiger partial charge < -0.3 is 14.9 Å². The maximum atomic E-state index is 10.8. The molecule has 0 aromatic heterocycles. The predicted octanol–water partition coefficient (Wildman–Crippen LogP) is 3.56. The van der Waals surface area contributed by atoms with Gasteiger partial charge in [0.05, 0.1) is 24.9 Å². The van der Waals surface area contributed by atoms with Crippen LogP contribution in [0.25, 0.3) is 6.08 Å². The van der Waals surface area contributed by atoms with Gasteiger partial charge in [0.25, 0.3) is 5.69 Å². The summed E-state index contributed by atoms with van der Waals surface area (Å²) in [4.78, 5) is 10.4. The lowest BCUT2D eigenvalue weighted by atomic mass is 9.97. The van der Waals surface area contributed by atoms with Crippen molar-refractivity contribution in [2.45, 2.75) is 19.4 Å². The van der Waals surface area contributed by atoms with E-state index in [9.17, 15) is 10.1 Å². The van der Waals surface area contributed by atoms with Crippen molar-refractivity contribution in [3.8, 4) is 11.5 Å². The van der Waals surface area contributed by atoms with Crippen molar-refractivity contribution in [1.29, 1.82) is 0 Å². The van der Waals surface area contributed by atoms with Gasteiger partial charge in [-0.15, -0.1) is 0 Å². The highest BCUT2D eigenvalue weighted by molar-refractivity contribution is 6.12. The first-order valence-corrected chi connectivity index (χ1v) is 8.53. The second-order valence-electron chi connectivity index (χ2n) is 6.28. The van der Waals surface area contributed by atoms with E-state index in [-0.39, 0.29) is 11.7 Å². The average molecular weight is 367 g/mol. The number of nitrogens with one attached hydrogen (secondary N) is 1. The smallest absolute Gasteiger partial charge is 0.269 e. The van der Waals surface area contributed by atoms with Crippen LogP contribution < -0.4 is 14.9 Å². The first-order valence-electron chi connectivity index (χ1n) is 8.53. The second kappa shape index (κ2) is 7.90. The van der Waals surface area contributed by atoms with Crippen LogP contribution in [-0.4, -0.2) is 30.9 Å². The van der Waals surface area contributed by atoms with Crippen molar-refractivity contribution in [3.63, 3.8) is 0 Å². The molecule has 3 rings (SSSR count). The molecule has 1 N–H and O–H groups in total. The summed E-state index contributed by atoms with van der Waals surface area (Å²) in [6.45, 7) is 2.06. The molecule has 7 heteroatoms. The molecule has 2 aromatic rings. The van der Waals surface area contributed by atoms with Gasteiger partial charge in [0.2, 0.25) is 0 Å². The summed E-state index contributed by atoms with van der Waals surface area (Å²) >= 11 is 0. The highest BCUT2D eigenvalue weighted by Crippen LogP contribution is 2.32. The highest BCUT2D eigenvalue weighted by Gasteiger charge is 2.19. The lowest BCUT2D eigenvalue weighted by Gasteiger charge is -2.14. The van der Waals surface area contributed by atoms with Crippen LogP contribution >= 0.6 is 0 Å². The molecule has 1 unspecified atom stereocenters.